The summed E-state index contributed by atoms with van der Waals surface area (Å²) >= 11 is 3.51. The molecule has 2 aromatic carbocycles. The second-order valence-electron chi connectivity index (χ2n) is 4.95. The van der Waals surface area contributed by atoms with Gasteiger partial charge in [-0.15, -0.1) is 0 Å². The van der Waals surface area contributed by atoms with Crippen molar-refractivity contribution in [2.24, 2.45) is 0 Å². The van der Waals surface area contributed by atoms with E-state index in [1.165, 1.54) is 23.5 Å². The average molecular weight is 372 g/mol. The molecule has 2 aromatic rings. The lowest BCUT2D eigenvalue weighted by Gasteiger charge is -2.18. The van der Waals surface area contributed by atoms with Crippen molar-refractivity contribution in [3.8, 4) is 0 Å². The second kappa shape index (κ2) is 8.34. The number of halogens is 2. The van der Waals surface area contributed by atoms with E-state index in [4.69, 9.17) is 11.6 Å². The van der Waals surface area contributed by atoms with E-state index in [1.807, 2.05) is 0 Å². The van der Waals surface area contributed by atoms with Crippen LogP contribution in [0, 0.1) is 5.82 Å². The molecule has 24 heavy (non-hydrogen) atoms. The summed E-state index contributed by atoms with van der Waals surface area (Å²) < 4.78 is 40.8. The first kappa shape index (κ1) is 18.5. The molecule has 0 aromatic heterocycles. The Labute approximate surface area is 146 Å². The zero-order valence-electron chi connectivity index (χ0n) is 12.7. The number of hydrogen-bond donors (Lipinski definition) is 1. The van der Waals surface area contributed by atoms with Gasteiger partial charge in [0.25, 0.3) is 0 Å². The topological polar surface area (TPSA) is 66.8 Å². The fraction of sp³-hybridized carbons (Fsp3) is 0.188. The van der Waals surface area contributed by atoms with Gasteiger partial charge in [0.1, 0.15) is 5.82 Å². The minimum absolute atomic E-state index is 0.0770. The van der Waals surface area contributed by atoms with Crippen LogP contribution in [-0.2, 0) is 29.1 Å². The number of carbonyl (C=O) groups excluding carboxylic acids is 1. The summed E-state index contributed by atoms with van der Waals surface area (Å²) in [7, 11) is 1.21. The summed E-state index contributed by atoms with van der Waals surface area (Å²) in [5.41, 5.74) is 1.03. The number of rotatable bonds is 6. The number of esters is 1. The van der Waals surface area contributed by atoms with Crippen LogP contribution in [0.25, 0.3) is 0 Å². The molecule has 0 fully saturated rings. The third-order valence-electron chi connectivity index (χ3n) is 3.31. The first-order chi connectivity index (χ1) is 11.4. The summed E-state index contributed by atoms with van der Waals surface area (Å²) in [6.07, 6.45) is 0. The fourth-order valence-corrected chi connectivity index (χ4v) is 2.71. The van der Waals surface area contributed by atoms with Crippen molar-refractivity contribution in [1.82, 2.24) is 4.31 Å². The maximum Gasteiger partial charge on any atom is 0.337 e. The quantitative estimate of drug-likeness (QED) is 0.624. The Morgan fingerprint density at radius 2 is 1.92 bits per heavy atom. The SMILES string of the molecule is COC(=O)c1ccc(CN(Cc2ccc(Cl)cc2)S(=O)O)c(F)c1. The molecule has 2 rings (SSSR count). The van der Waals surface area contributed by atoms with Crippen LogP contribution in [0.15, 0.2) is 42.5 Å². The van der Waals surface area contributed by atoms with E-state index in [0.717, 1.165) is 11.6 Å². The van der Waals surface area contributed by atoms with Crippen LogP contribution in [0.4, 0.5) is 4.39 Å². The number of methoxy groups -OCH3 is 1. The Hall–Kier alpha value is -1.80. The summed E-state index contributed by atoms with van der Waals surface area (Å²) in [5, 5.41) is 0.555. The minimum atomic E-state index is -2.29. The Morgan fingerprint density at radius 3 is 2.46 bits per heavy atom. The number of hydrogen-bond acceptors (Lipinski definition) is 3. The molecule has 0 aliphatic heterocycles. The molecule has 128 valence electrons. The summed E-state index contributed by atoms with van der Waals surface area (Å²) in [6, 6.07) is 10.6. The number of ether oxygens (including phenoxy) is 1. The van der Waals surface area contributed by atoms with Crippen LogP contribution >= 0.6 is 11.6 Å². The van der Waals surface area contributed by atoms with E-state index >= 15 is 0 Å². The molecule has 0 amide bonds. The van der Waals surface area contributed by atoms with E-state index in [-0.39, 0.29) is 24.2 Å². The Kier molecular flexibility index (Phi) is 6.44. The van der Waals surface area contributed by atoms with Gasteiger partial charge in [-0.25, -0.2) is 13.4 Å². The van der Waals surface area contributed by atoms with Crippen LogP contribution in [0.5, 0.6) is 0 Å². The van der Waals surface area contributed by atoms with Crippen LogP contribution in [0.1, 0.15) is 21.5 Å². The molecule has 1 N–H and O–H groups in total. The van der Waals surface area contributed by atoms with E-state index in [1.54, 1.807) is 24.3 Å². The minimum Gasteiger partial charge on any atom is -0.465 e. The average Bonchev–Trinajstić information content (AvgIpc) is 2.56. The highest BCUT2D eigenvalue weighted by Gasteiger charge is 2.16. The van der Waals surface area contributed by atoms with Crippen molar-refractivity contribution in [3.63, 3.8) is 0 Å². The first-order valence-corrected chi connectivity index (χ1v) is 8.32. The maximum atomic E-state index is 14.1. The van der Waals surface area contributed by atoms with Crippen LogP contribution in [0.2, 0.25) is 5.02 Å². The molecule has 0 radical (unpaired) electrons. The van der Waals surface area contributed by atoms with Gasteiger partial charge in [-0.2, -0.15) is 4.31 Å². The van der Waals surface area contributed by atoms with Crippen LogP contribution in [-0.4, -0.2) is 26.1 Å². The number of carbonyl (C=O) groups is 1. The highest BCUT2D eigenvalue weighted by atomic mass is 35.5. The van der Waals surface area contributed by atoms with Crippen LogP contribution in [0.3, 0.4) is 0 Å². The van der Waals surface area contributed by atoms with Gasteiger partial charge in [0.05, 0.1) is 12.7 Å². The monoisotopic (exact) mass is 371 g/mol. The fourth-order valence-electron chi connectivity index (χ4n) is 2.07. The van der Waals surface area contributed by atoms with Gasteiger partial charge in [0.2, 0.25) is 11.3 Å². The smallest absolute Gasteiger partial charge is 0.337 e. The summed E-state index contributed by atoms with van der Waals surface area (Å²) in [5.74, 6) is -1.30. The molecule has 0 bridgehead atoms. The van der Waals surface area contributed by atoms with Gasteiger partial charge in [0, 0.05) is 23.7 Å². The summed E-state index contributed by atoms with van der Waals surface area (Å²) in [4.78, 5) is 11.4. The highest BCUT2D eigenvalue weighted by molar-refractivity contribution is 7.76. The molecule has 1 unspecified atom stereocenters. The molecular weight excluding hydrogens is 357 g/mol. The lowest BCUT2D eigenvalue weighted by molar-refractivity contribution is 0.0600. The third kappa shape index (κ3) is 4.85. The highest BCUT2D eigenvalue weighted by Crippen LogP contribution is 2.17. The van der Waals surface area contributed by atoms with E-state index < -0.39 is 23.1 Å². The molecule has 0 aliphatic carbocycles. The molecule has 0 heterocycles. The van der Waals surface area contributed by atoms with E-state index in [2.05, 4.69) is 4.74 Å². The molecular formula is C16H15ClFNO4S. The lowest BCUT2D eigenvalue weighted by atomic mass is 10.1. The van der Waals surface area contributed by atoms with Gasteiger partial charge in [-0.05, 0) is 29.8 Å². The predicted octanol–water partition coefficient (Wildman–Crippen LogP) is 3.40. The Bertz CT molecular complexity index is 754. The van der Waals surface area contributed by atoms with Gasteiger partial charge in [-0.1, -0.05) is 29.8 Å². The van der Waals surface area contributed by atoms with Crippen molar-refractivity contribution in [3.05, 3.63) is 70.0 Å². The van der Waals surface area contributed by atoms with E-state index in [0.29, 0.717) is 5.02 Å². The van der Waals surface area contributed by atoms with Crippen molar-refractivity contribution in [1.29, 1.82) is 0 Å². The molecule has 0 spiro atoms. The molecule has 0 aliphatic rings. The van der Waals surface area contributed by atoms with E-state index in [9.17, 15) is 17.9 Å². The van der Waals surface area contributed by atoms with Gasteiger partial charge < -0.3 is 4.74 Å². The molecule has 1 atom stereocenters. The van der Waals surface area contributed by atoms with Crippen molar-refractivity contribution in [2.75, 3.05) is 7.11 Å². The molecule has 0 saturated carbocycles. The molecule has 0 saturated heterocycles. The first-order valence-electron chi connectivity index (χ1n) is 6.88. The van der Waals surface area contributed by atoms with Gasteiger partial charge in [0.15, 0.2) is 0 Å². The maximum absolute atomic E-state index is 14.1. The summed E-state index contributed by atoms with van der Waals surface area (Å²) in [6.45, 7) is 0.0392. The standard InChI is InChI=1S/C16H15ClFNO4S/c1-23-16(20)12-4-5-13(15(18)8-12)10-19(24(21)22)9-11-2-6-14(17)7-3-11/h2-8H,9-10H2,1H3,(H,21,22). The molecule has 8 heteroatoms. The number of nitrogens with zero attached hydrogens (tertiary/aromatic N) is 1. The zero-order valence-corrected chi connectivity index (χ0v) is 14.3. The third-order valence-corrected chi connectivity index (χ3v) is 4.27. The largest absolute Gasteiger partial charge is 0.465 e. The molecule has 5 nitrogen and oxygen atoms in total. The number of benzene rings is 2. The van der Waals surface area contributed by atoms with Crippen molar-refractivity contribution < 1.29 is 22.7 Å². The van der Waals surface area contributed by atoms with Gasteiger partial charge >= 0.3 is 5.97 Å². The second-order valence-corrected chi connectivity index (χ2v) is 6.37. The van der Waals surface area contributed by atoms with Crippen molar-refractivity contribution in [2.45, 2.75) is 13.1 Å². The van der Waals surface area contributed by atoms with Gasteiger partial charge in [-0.3, -0.25) is 4.55 Å². The zero-order chi connectivity index (χ0) is 17.7. The Morgan fingerprint density at radius 1 is 1.25 bits per heavy atom. The normalized spacial score (nSPS) is 12.2. The Balaban J connectivity index is 2.17. The van der Waals surface area contributed by atoms with Crippen molar-refractivity contribution >= 4 is 28.8 Å². The predicted molar refractivity (Wildman–Crippen MR) is 89.2 cm³/mol. The van der Waals surface area contributed by atoms with Crippen LogP contribution < -0.4 is 0 Å². The lowest BCUT2D eigenvalue weighted by Crippen LogP contribution is -2.25.